The minimum atomic E-state index is 0.438. The molecule has 222 valence electrons. The molecule has 0 amide bonds. The number of rotatable bonds is 15. The Morgan fingerprint density at radius 1 is 0.500 bits per heavy atom. The molecule has 2 nitrogen and oxygen atoms in total. The van der Waals surface area contributed by atoms with Crippen molar-refractivity contribution < 1.29 is 0 Å². The standard InChI is InChI=1S/C40H52N2/c1-5-7-13-39(37-25-23-35(41)27-29(37)3)33-19-15-31(16-20-33)11-9-10-12-32-17-21-34(22-18-32)40(14-8-6-2)38-26-24-36(42)28-30(38)4/h15-28,39-40H,5-14,41-42H2,1-4H3. The lowest BCUT2D eigenvalue weighted by molar-refractivity contribution is 0.647. The van der Waals surface area contributed by atoms with E-state index in [2.05, 4.69) is 113 Å². The number of nitrogens with two attached hydrogens (primary N) is 2. The predicted molar refractivity (Wildman–Crippen MR) is 183 cm³/mol. The first kappa shape index (κ1) is 31.4. The van der Waals surface area contributed by atoms with E-state index in [4.69, 9.17) is 11.5 Å². The zero-order valence-corrected chi connectivity index (χ0v) is 26.5. The Morgan fingerprint density at radius 3 is 1.21 bits per heavy atom. The summed E-state index contributed by atoms with van der Waals surface area (Å²) in [6.45, 7) is 8.94. The molecule has 0 aliphatic rings. The fourth-order valence-electron chi connectivity index (χ4n) is 6.49. The van der Waals surface area contributed by atoms with Gasteiger partial charge in [-0.25, -0.2) is 0 Å². The summed E-state index contributed by atoms with van der Waals surface area (Å²) in [4.78, 5) is 0. The molecule has 2 unspecified atom stereocenters. The van der Waals surface area contributed by atoms with Crippen molar-refractivity contribution >= 4 is 11.4 Å². The molecule has 2 atom stereocenters. The van der Waals surface area contributed by atoms with E-state index in [0.29, 0.717) is 11.8 Å². The Balaban J connectivity index is 1.33. The second-order valence-corrected chi connectivity index (χ2v) is 12.3. The Labute approximate surface area is 255 Å². The topological polar surface area (TPSA) is 52.0 Å². The van der Waals surface area contributed by atoms with Gasteiger partial charge in [0.25, 0.3) is 0 Å². The zero-order valence-electron chi connectivity index (χ0n) is 26.5. The van der Waals surface area contributed by atoms with Crippen molar-refractivity contribution in [3.8, 4) is 0 Å². The van der Waals surface area contributed by atoms with Crippen molar-refractivity contribution in [2.75, 3.05) is 11.5 Å². The molecule has 0 aromatic heterocycles. The molecule has 0 saturated carbocycles. The highest BCUT2D eigenvalue weighted by Crippen LogP contribution is 2.34. The van der Waals surface area contributed by atoms with Crippen LogP contribution in [-0.4, -0.2) is 0 Å². The van der Waals surface area contributed by atoms with Crippen LogP contribution in [0.4, 0.5) is 11.4 Å². The van der Waals surface area contributed by atoms with Gasteiger partial charge in [-0.3, -0.25) is 0 Å². The van der Waals surface area contributed by atoms with Gasteiger partial charge in [-0.15, -0.1) is 0 Å². The van der Waals surface area contributed by atoms with Gasteiger partial charge in [0, 0.05) is 23.2 Å². The van der Waals surface area contributed by atoms with Gasteiger partial charge in [-0.1, -0.05) is 100 Å². The van der Waals surface area contributed by atoms with E-state index in [1.807, 2.05) is 0 Å². The molecule has 0 heterocycles. The van der Waals surface area contributed by atoms with Gasteiger partial charge >= 0.3 is 0 Å². The van der Waals surface area contributed by atoms with E-state index in [0.717, 1.165) is 24.2 Å². The Kier molecular flexibility index (Phi) is 11.7. The molecule has 0 aliphatic heterocycles. The maximum Gasteiger partial charge on any atom is 0.0316 e. The molecule has 0 aliphatic carbocycles. The largest absolute Gasteiger partial charge is 0.399 e. The molecule has 42 heavy (non-hydrogen) atoms. The van der Waals surface area contributed by atoms with Crippen molar-refractivity contribution in [1.29, 1.82) is 0 Å². The van der Waals surface area contributed by atoms with Crippen LogP contribution < -0.4 is 11.5 Å². The summed E-state index contributed by atoms with van der Waals surface area (Å²) in [5, 5.41) is 0. The summed E-state index contributed by atoms with van der Waals surface area (Å²) in [7, 11) is 0. The first-order valence-electron chi connectivity index (χ1n) is 16.3. The average molecular weight is 561 g/mol. The second-order valence-electron chi connectivity index (χ2n) is 12.3. The molecule has 2 heteroatoms. The van der Waals surface area contributed by atoms with Gasteiger partial charge in [0.1, 0.15) is 0 Å². The van der Waals surface area contributed by atoms with Crippen molar-refractivity contribution in [2.24, 2.45) is 0 Å². The van der Waals surface area contributed by atoms with Gasteiger partial charge in [0.2, 0.25) is 0 Å². The molecule has 0 spiro atoms. The molecule has 0 radical (unpaired) electrons. The Bertz CT molecular complexity index is 1280. The van der Waals surface area contributed by atoms with E-state index in [-0.39, 0.29) is 0 Å². The van der Waals surface area contributed by atoms with E-state index < -0.39 is 0 Å². The molecular weight excluding hydrogens is 508 g/mol. The minimum absolute atomic E-state index is 0.438. The minimum Gasteiger partial charge on any atom is -0.399 e. The lowest BCUT2D eigenvalue weighted by Crippen LogP contribution is -2.05. The quantitative estimate of drug-likeness (QED) is 0.112. The van der Waals surface area contributed by atoms with E-state index in [1.165, 1.54) is 95.9 Å². The highest BCUT2D eigenvalue weighted by molar-refractivity contribution is 5.49. The van der Waals surface area contributed by atoms with Crippen molar-refractivity contribution in [2.45, 2.75) is 104 Å². The predicted octanol–water partition coefficient (Wildman–Crippen LogP) is 10.7. The SMILES string of the molecule is CCCCC(c1ccc(CCCCc2ccc(C(CCCC)c3ccc(N)cc3C)cc2)cc1)c1ccc(N)cc1C. The number of aryl methyl sites for hydroxylation is 4. The highest BCUT2D eigenvalue weighted by atomic mass is 14.5. The third kappa shape index (κ3) is 8.51. The maximum atomic E-state index is 6.04. The van der Waals surface area contributed by atoms with Crippen molar-refractivity contribution in [3.05, 3.63) is 129 Å². The van der Waals surface area contributed by atoms with Crippen LogP contribution >= 0.6 is 0 Å². The molecule has 0 bridgehead atoms. The van der Waals surface area contributed by atoms with Gasteiger partial charge in [0.05, 0.1) is 0 Å². The first-order chi connectivity index (χ1) is 20.4. The molecule has 0 fully saturated rings. The summed E-state index contributed by atoms with van der Waals surface area (Å²) in [5.74, 6) is 0.876. The van der Waals surface area contributed by atoms with Crippen molar-refractivity contribution in [1.82, 2.24) is 0 Å². The number of hydrogen-bond donors (Lipinski definition) is 2. The summed E-state index contributed by atoms with van der Waals surface area (Å²) >= 11 is 0. The Hall–Kier alpha value is -3.52. The second kappa shape index (κ2) is 15.6. The zero-order chi connectivity index (χ0) is 29.9. The van der Waals surface area contributed by atoms with Crippen LogP contribution in [-0.2, 0) is 12.8 Å². The number of unbranched alkanes of at least 4 members (excludes halogenated alkanes) is 3. The van der Waals surface area contributed by atoms with Crippen LogP contribution in [0.25, 0.3) is 0 Å². The summed E-state index contributed by atoms with van der Waals surface area (Å²) < 4.78 is 0. The average Bonchev–Trinajstić information content (AvgIpc) is 2.98. The Morgan fingerprint density at radius 2 is 0.881 bits per heavy atom. The van der Waals surface area contributed by atoms with E-state index in [1.54, 1.807) is 0 Å². The summed E-state index contributed by atoms with van der Waals surface area (Å²) in [5.41, 5.74) is 24.9. The van der Waals surface area contributed by atoms with Gasteiger partial charge in [0.15, 0.2) is 0 Å². The van der Waals surface area contributed by atoms with Gasteiger partial charge in [-0.2, -0.15) is 0 Å². The molecule has 4 N–H and O–H groups in total. The van der Waals surface area contributed by atoms with E-state index in [9.17, 15) is 0 Å². The monoisotopic (exact) mass is 560 g/mol. The van der Waals surface area contributed by atoms with Crippen LogP contribution in [0.15, 0.2) is 84.9 Å². The molecule has 4 aromatic rings. The third-order valence-electron chi connectivity index (χ3n) is 8.98. The number of anilines is 2. The van der Waals surface area contributed by atoms with Gasteiger partial charge < -0.3 is 11.5 Å². The molecule has 0 saturated heterocycles. The lowest BCUT2D eigenvalue weighted by atomic mass is 9.84. The van der Waals surface area contributed by atoms with E-state index >= 15 is 0 Å². The van der Waals surface area contributed by atoms with Crippen LogP contribution in [0.5, 0.6) is 0 Å². The number of nitrogen functional groups attached to an aromatic ring is 2. The third-order valence-corrected chi connectivity index (χ3v) is 8.98. The first-order valence-corrected chi connectivity index (χ1v) is 16.3. The summed E-state index contributed by atoms with van der Waals surface area (Å²) in [6, 6.07) is 31.7. The van der Waals surface area contributed by atoms with Crippen molar-refractivity contribution in [3.63, 3.8) is 0 Å². The number of hydrogen-bond acceptors (Lipinski definition) is 2. The van der Waals surface area contributed by atoms with Crippen LogP contribution in [0.2, 0.25) is 0 Å². The lowest BCUT2D eigenvalue weighted by Gasteiger charge is -2.21. The normalized spacial score (nSPS) is 12.8. The fraction of sp³-hybridized carbons (Fsp3) is 0.400. The van der Waals surface area contributed by atoms with Gasteiger partial charge in [-0.05, 0) is 121 Å². The maximum absolute atomic E-state index is 6.04. The summed E-state index contributed by atoms with van der Waals surface area (Å²) in [6.07, 6.45) is 11.9. The fourth-order valence-corrected chi connectivity index (χ4v) is 6.49. The smallest absolute Gasteiger partial charge is 0.0316 e. The van der Waals surface area contributed by atoms with Crippen LogP contribution in [0.3, 0.4) is 0 Å². The molecule has 4 rings (SSSR count). The highest BCUT2D eigenvalue weighted by Gasteiger charge is 2.17. The molecular formula is C40H52N2. The van der Waals surface area contributed by atoms with Crippen LogP contribution in [0, 0.1) is 13.8 Å². The van der Waals surface area contributed by atoms with Crippen LogP contribution in [0.1, 0.15) is 122 Å². The molecule has 4 aromatic carbocycles. The number of benzene rings is 4.